The van der Waals surface area contributed by atoms with Crippen LogP contribution in [0, 0.1) is 0 Å². The van der Waals surface area contributed by atoms with E-state index in [9.17, 15) is 23.5 Å². The molecule has 4 heterocycles. The number of aliphatic carboxylic acids is 1. The first-order valence-electron chi connectivity index (χ1n) is 11.3. The molecular formula is C23H29F2N5O5. The van der Waals surface area contributed by atoms with Crippen LogP contribution in [0.2, 0.25) is 0 Å². The van der Waals surface area contributed by atoms with Crippen molar-refractivity contribution in [2.75, 3.05) is 31.5 Å². The van der Waals surface area contributed by atoms with Gasteiger partial charge in [-0.3, -0.25) is 4.79 Å². The Labute approximate surface area is 201 Å². The number of alkyl halides is 2. The van der Waals surface area contributed by atoms with Gasteiger partial charge in [0.05, 0.1) is 12.5 Å². The van der Waals surface area contributed by atoms with Gasteiger partial charge in [0, 0.05) is 44.1 Å². The molecule has 2 aromatic rings. The fourth-order valence-corrected chi connectivity index (χ4v) is 4.38. The summed E-state index contributed by atoms with van der Waals surface area (Å²) >= 11 is 0. The van der Waals surface area contributed by atoms with E-state index in [1.54, 1.807) is 4.90 Å². The molecular weight excluding hydrogens is 464 g/mol. The number of hydrogen-bond donors (Lipinski definition) is 2. The zero-order valence-electron chi connectivity index (χ0n) is 19.1. The summed E-state index contributed by atoms with van der Waals surface area (Å²) in [5.41, 5.74) is 2.65. The average molecular weight is 494 g/mol. The van der Waals surface area contributed by atoms with Crippen molar-refractivity contribution in [3.05, 3.63) is 47.3 Å². The predicted octanol–water partition coefficient (Wildman–Crippen LogP) is 2.50. The second-order valence-corrected chi connectivity index (χ2v) is 8.33. The number of urea groups is 1. The van der Waals surface area contributed by atoms with Crippen LogP contribution in [0.15, 0.2) is 30.5 Å². The van der Waals surface area contributed by atoms with Crippen LogP contribution in [-0.2, 0) is 17.6 Å². The highest BCUT2D eigenvalue weighted by molar-refractivity contribution is 5.78. The largest absolute Gasteiger partial charge is 0.481 e. The third-order valence-electron chi connectivity index (χ3n) is 6.04. The fourth-order valence-electron chi connectivity index (χ4n) is 4.38. The summed E-state index contributed by atoms with van der Waals surface area (Å²) < 4.78 is 29.0. The number of hydrogen-bond acceptors (Lipinski definition) is 6. The van der Waals surface area contributed by atoms with Gasteiger partial charge in [0.1, 0.15) is 5.82 Å². The van der Waals surface area contributed by atoms with Crippen molar-refractivity contribution in [2.24, 2.45) is 0 Å². The first-order chi connectivity index (χ1) is 16.4. The van der Waals surface area contributed by atoms with Crippen molar-refractivity contribution >= 4 is 17.8 Å². The Bertz CT molecular complexity index is 1020. The zero-order valence-corrected chi connectivity index (χ0v) is 19.1. The number of carbonyl (C=O) groups excluding carboxylic acids is 1. The van der Waals surface area contributed by atoms with Gasteiger partial charge in [-0.25, -0.2) is 14.8 Å². The molecule has 0 unspecified atom stereocenters. The molecule has 0 aliphatic carbocycles. The van der Waals surface area contributed by atoms with Crippen molar-refractivity contribution in [3.63, 3.8) is 0 Å². The molecule has 10 nitrogen and oxygen atoms in total. The topological polar surface area (TPSA) is 139 Å². The van der Waals surface area contributed by atoms with Crippen molar-refractivity contribution in [3.8, 4) is 5.88 Å². The van der Waals surface area contributed by atoms with Crippen LogP contribution < -0.4 is 10.1 Å². The Hall–Kier alpha value is -3.54. The van der Waals surface area contributed by atoms with E-state index in [1.165, 1.54) is 28.8 Å². The summed E-state index contributed by atoms with van der Waals surface area (Å²) in [6, 6.07) is 5.84. The maximum Gasteiger partial charge on any atom is 0.388 e. The number of carbonyl (C=O) groups is 2. The molecule has 0 bridgehead atoms. The number of anilines is 1. The van der Waals surface area contributed by atoms with Crippen molar-refractivity contribution in [1.82, 2.24) is 19.8 Å². The van der Waals surface area contributed by atoms with E-state index in [2.05, 4.69) is 26.1 Å². The lowest BCUT2D eigenvalue weighted by atomic mass is 10.0. The highest BCUT2D eigenvalue weighted by Crippen LogP contribution is 2.29. The minimum absolute atomic E-state index is 0. The normalized spacial score (nSPS) is 15.9. The number of aryl methyl sites for hydroxylation is 2. The number of fused-ring (bicyclic) bond motifs is 1. The molecule has 1 atom stereocenters. The van der Waals surface area contributed by atoms with Crippen LogP contribution >= 0.6 is 0 Å². The molecule has 2 aromatic heterocycles. The standard InChI is InChI=1S/C23H27F2N5O4.H2O/c24-22(25)34-19-8-6-16(14-27-19)18(13-20(31)32)30-12-11-29(23(30)33)10-2-4-17-7-5-15-3-1-9-26-21(15)28-17;/h5-8,14,18,22H,1-4,9-13H2,(H,26,28)(H,31,32);1H2/t18-;/m0./s1. The minimum Gasteiger partial charge on any atom is -0.481 e. The van der Waals surface area contributed by atoms with Gasteiger partial charge in [0.25, 0.3) is 0 Å². The SMILES string of the molecule is O.O=C(O)C[C@@H](c1ccc(OC(F)F)nc1)N1CCN(CCCc2ccc3c(n2)NCCC3)C1=O. The minimum atomic E-state index is -3.00. The number of nitrogens with zero attached hydrogens (tertiary/aromatic N) is 4. The lowest BCUT2D eigenvalue weighted by Crippen LogP contribution is -2.36. The lowest BCUT2D eigenvalue weighted by Gasteiger charge is -2.27. The molecule has 190 valence electrons. The number of halogens is 2. The highest BCUT2D eigenvalue weighted by atomic mass is 19.3. The molecule has 0 saturated carbocycles. The van der Waals surface area contributed by atoms with Gasteiger partial charge in [-0.1, -0.05) is 12.1 Å². The quantitative estimate of drug-likeness (QED) is 0.518. The Morgan fingerprint density at radius 2 is 2.06 bits per heavy atom. The van der Waals surface area contributed by atoms with Gasteiger partial charge in [-0.15, -0.1) is 0 Å². The summed E-state index contributed by atoms with van der Waals surface area (Å²) in [6.45, 7) is -0.701. The van der Waals surface area contributed by atoms with Gasteiger partial charge in [0.15, 0.2) is 0 Å². The fraction of sp³-hybridized carbons (Fsp3) is 0.478. The average Bonchev–Trinajstić information content (AvgIpc) is 3.17. The Morgan fingerprint density at radius 3 is 2.77 bits per heavy atom. The van der Waals surface area contributed by atoms with Crippen molar-refractivity contribution in [1.29, 1.82) is 0 Å². The van der Waals surface area contributed by atoms with E-state index in [-0.39, 0.29) is 23.8 Å². The van der Waals surface area contributed by atoms with Gasteiger partial charge in [-0.05, 0) is 42.9 Å². The van der Waals surface area contributed by atoms with E-state index in [0.717, 1.165) is 43.7 Å². The molecule has 4 N–H and O–H groups in total. The van der Waals surface area contributed by atoms with Gasteiger partial charge < -0.3 is 30.4 Å². The van der Waals surface area contributed by atoms with E-state index in [4.69, 9.17) is 0 Å². The summed E-state index contributed by atoms with van der Waals surface area (Å²) in [5.74, 6) is -0.397. The molecule has 2 amide bonds. The molecule has 12 heteroatoms. The predicted molar refractivity (Wildman–Crippen MR) is 123 cm³/mol. The van der Waals surface area contributed by atoms with Gasteiger partial charge in [0.2, 0.25) is 5.88 Å². The second-order valence-electron chi connectivity index (χ2n) is 8.33. The van der Waals surface area contributed by atoms with Gasteiger partial charge in [-0.2, -0.15) is 8.78 Å². The Morgan fingerprint density at radius 1 is 1.23 bits per heavy atom. The first kappa shape index (κ1) is 26.1. The van der Waals surface area contributed by atoms with E-state index in [1.807, 2.05) is 6.07 Å². The van der Waals surface area contributed by atoms with Crippen LogP contribution in [0.25, 0.3) is 0 Å². The number of amides is 2. The van der Waals surface area contributed by atoms with Crippen molar-refractivity contribution in [2.45, 2.75) is 44.8 Å². The molecule has 4 rings (SSSR count). The lowest BCUT2D eigenvalue weighted by molar-refractivity contribution is -0.138. The van der Waals surface area contributed by atoms with Crippen LogP contribution in [0.4, 0.5) is 19.4 Å². The third-order valence-corrected chi connectivity index (χ3v) is 6.04. The second kappa shape index (κ2) is 11.7. The molecule has 2 aliphatic rings. The molecule has 2 aliphatic heterocycles. The highest BCUT2D eigenvalue weighted by Gasteiger charge is 2.35. The van der Waals surface area contributed by atoms with Crippen LogP contribution in [-0.4, -0.2) is 75.1 Å². The van der Waals surface area contributed by atoms with E-state index >= 15 is 0 Å². The monoisotopic (exact) mass is 493 g/mol. The number of nitrogens with one attached hydrogen (secondary N) is 1. The van der Waals surface area contributed by atoms with E-state index < -0.39 is 18.6 Å². The summed E-state index contributed by atoms with van der Waals surface area (Å²) in [7, 11) is 0. The zero-order chi connectivity index (χ0) is 24.1. The van der Waals surface area contributed by atoms with Crippen molar-refractivity contribution < 1.29 is 33.7 Å². The smallest absolute Gasteiger partial charge is 0.388 e. The summed E-state index contributed by atoms with van der Waals surface area (Å²) in [6.07, 6.45) is 4.55. The molecule has 0 aromatic carbocycles. The number of pyridine rings is 2. The molecule has 35 heavy (non-hydrogen) atoms. The van der Waals surface area contributed by atoms with Crippen LogP contribution in [0.5, 0.6) is 5.88 Å². The summed E-state index contributed by atoms with van der Waals surface area (Å²) in [5, 5.41) is 12.7. The van der Waals surface area contributed by atoms with Crippen LogP contribution in [0.3, 0.4) is 0 Å². The maximum atomic E-state index is 13.0. The third kappa shape index (κ3) is 6.53. The molecule has 1 saturated heterocycles. The first-order valence-corrected chi connectivity index (χ1v) is 11.3. The number of aromatic nitrogens is 2. The number of rotatable bonds is 10. The summed E-state index contributed by atoms with van der Waals surface area (Å²) in [4.78, 5) is 36.2. The Balaban J connectivity index is 0.00000342. The molecule has 1 fully saturated rings. The maximum absolute atomic E-state index is 13.0. The molecule has 0 spiro atoms. The number of carboxylic acid groups (broad SMARTS) is 1. The van der Waals surface area contributed by atoms with E-state index in [0.29, 0.717) is 25.2 Å². The van der Waals surface area contributed by atoms with Gasteiger partial charge >= 0.3 is 18.6 Å². The number of ether oxygens (including phenoxy) is 1. The Kier molecular flexibility index (Phi) is 8.74. The van der Waals surface area contributed by atoms with Crippen LogP contribution in [0.1, 0.15) is 42.1 Å². The molecule has 0 radical (unpaired) electrons. The number of carboxylic acids is 1.